The molecule has 1 atom stereocenters. The Hall–Kier alpha value is -1.33. The molecule has 1 aliphatic rings. The number of rotatable bonds is 4. The molecule has 100 valence electrons. The van der Waals surface area contributed by atoms with E-state index < -0.39 is 0 Å². The van der Waals surface area contributed by atoms with E-state index in [4.69, 9.17) is 4.42 Å². The number of nitrogens with zero attached hydrogens (tertiary/aromatic N) is 2. The Balaban J connectivity index is 1.59. The van der Waals surface area contributed by atoms with Crippen LogP contribution in [-0.2, 0) is 5.75 Å². The number of benzene rings is 1. The zero-order valence-corrected chi connectivity index (χ0v) is 11.8. The number of aromatic nitrogens is 2. The van der Waals surface area contributed by atoms with Gasteiger partial charge in [-0.25, -0.2) is 0 Å². The van der Waals surface area contributed by atoms with Gasteiger partial charge in [0.05, 0.1) is 6.54 Å². The maximum Gasteiger partial charge on any atom is 0.277 e. The van der Waals surface area contributed by atoms with E-state index in [9.17, 15) is 0 Å². The van der Waals surface area contributed by atoms with Crippen molar-refractivity contribution in [1.82, 2.24) is 10.2 Å². The summed E-state index contributed by atoms with van der Waals surface area (Å²) < 4.78 is 5.72. The minimum absolute atomic E-state index is 0.376. The monoisotopic (exact) mass is 276 g/mol. The highest BCUT2D eigenvalue weighted by atomic mass is 32.2. The summed E-state index contributed by atoms with van der Waals surface area (Å²) in [5.41, 5.74) is 2.56. The molecule has 0 aliphatic carbocycles. The summed E-state index contributed by atoms with van der Waals surface area (Å²) in [5.74, 6) is 1.65. The molecule has 0 radical (unpaired) electrons. The molecule has 2 heterocycles. The van der Waals surface area contributed by atoms with Crippen LogP contribution in [0, 0.1) is 6.92 Å². The van der Waals surface area contributed by atoms with Crippen LogP contribution >= 0.6 is 11.8 Å². The molecule has 0 spiro atoms. The van der Waals surface area contributed by atoms with Crippen LogP contribution < -0.4 is 5.32 Å². The molecule has 4 nitrogen and oxygen atoms in total. The normalized spacial score (nSPS) is 18.9. The molecule has 5 heteroatoms. The van der Waals surface area contributed by atoms with Gasteiger partial charge in [0.25, 0.3) is 11.1 Å². The second kappa shape index (κ2) is 5.75. The van der Waals surface area contributed by atoms with Crippen molar-refractivity contribution in [3.63, 3.8) is 0 Å². The number of thioether (sulfide) groups is 1. The summed E-state index contributed by atoms with van der Waals surface area (Å²) in [6, 6.07) is 8.92. The Kier molecular flexibility index (Phi) is 3.84. The van der Waals surface area contributed by atoms with Crippen LogP contribution in [0.15, 0.2) is 33.9 Å². The minimum atomic E-state index is 0.376. The lowest BCUT2D eigenvalue weighted by Crippen LogP contribution is -2.81. The van der Waals surface area contributed by atoms with Crippen molar-refractivity contribution in [2.75, 3.05) is 6.54 Å². The largest absolute Gasteiger partial charge is 0.410 e. The minimum Gasteiger partial charge on any atom is -0.410 e. The van der Waals surface area contributed by atoms with Crippen LogP contribution in [0.1, 0.15) is 35.9 Å². The van der Waals surface area contributed by atoms with Gasteiger partial charge in [0.1, 0.15) is 0 Å². The van der Waals surface area contributed by atoms with E-state index in [1.165, 1.54) is 24.1 Å². The van der Waals surface area contributed by atoms with E-state index in [1.54, 1.807) is 11.8 Å². The molecule has 19 heavy (non-hydrogen) atoms. The molecule has 2 aromatic rings. The van der Waals surface area contributed by atoms with Crippen LogP contribution in [-0.4, -0.2) is 16.7 Å². The van der Waals surface area contributed by atoms with Crippen LogP contribution in [0.4, 0.5) is 0 Å². The predicted octanol–water partition coefficient (Wildman–Crippen LogP) is 2.07. The second-order valence-corrected chi connectivity index (χ2v) is 5.88. The lowest BCUT2D eigenvalue weighted by Gasteiger charge is -2.00. The molecular weight excluding hydrogens is 258 g/mol. The smallest absolute Gasteiger partial charge is 0.277 e. The number of hydrogen-bond donors (Lipinski definition) is 1. The Morgan fingerprint density at radius 2 is 2.16 bits per heavy atom. The summed E-state index contributed by atoms with van der Waals surface area (Å²) >= 11 is 1.60. The van der Waals surface area contributed by atoms with Gasteiger partial charge in [-0.15, -0.1) is 10.2 Å². The van der Waals surface area contributed by atoms with Gasteiger partial charge in [-0.3, -0.25) is 0 Å². The van der Waals surface area contributed by atoms with E-state index >= 15 is 0 Å². The summed E-state index contributed by atoms with van der Waals surface area (Å²) in [4.78, 5) is 0. The molecule has 2 N–H and O–H groups in total. The molecule has 0 unspecified atom stereocenters. The first-order valence-corrected chi connectivity index (χ1v) is 7.65. The highest BCUT2D eigenvalue weighted by Gasteiger charge is 2.26. The lowest BCUT2D eigenvalue weighted by atomic mass is 10.2. The fourth-order valence-electron chi connectivity index (χ4n) is 2.26. The van der Waals surface area contributed by atoms with Gasteiger partial charge in [0.2, 0.25) is 0 Å². The predicted molar refractivity (Wildman–Crippen MR) is 73.8 cm³/mol. The maximum absolute atomic E-state index is 5.72. The van der Waals surface area contributed by atoms with Gasteiger partial charge in [-0.2, -0.15) is 0 Å². The molecule has 0 saturated carbocycles. The van der Waals surface area contributed by atoms with E-state index in [1.807, 2.05) is 0 Å². The standard InChI is InChI=1S/C14H17N3OS/c1-10-4-6-11(7-5-10)9-19-14-17-16-13(18-14)12-3-2-8-15-12/h4-7,12,15H,2-3,8-9H2,1H3/p+1/t12-/m1/s1. The first kappa shape index (κ1) is 12.7. The molecule has 1 aromatic carbocycles. The third-order valence-corrected chi connectivity index (χ3v) is 4.28. The molecule has 1 saturated heterocycles. The number of quaternary nitrogens is 1. The molecule has 3 rings (SSSR count). The number of hydrogen-bond acceptors (Lipinski definition) is 4. The summed E-state index contributed by atoms with van der Waals surface area (Å²) in [7, 11) is 0. The highest BCUT2D eigenvalue weighted by molar-refractivity contribution is 7.98. The first-order chi connectivity index (χ1) is 9.31. The lowest BCUT2D eigenvalue weighted by molar-refractivity contribution is -0.678. The Morgan fingerprint density at radius 1 is 1.32 bits per heavy atom. The Bertz CT molecular complexity index is 532. The van der Waals surface area contributed by atoms with Crippen LogP contribution in [0.2, 0.25) is 0 Å². The molecule has 1 aliphatic heterocycles. The zero-order valence-electron chi connectivity index (χ0n) is 11.0. The average Bonchev–Trinajstić information content (AvgIpc) is 3.09. The van der Waals surface area contributed by atoms with E-state index in [0.29, 0.717) is 11.3 Å². The van der Waals surface area contributed by atoms with Gasteiger partial charge in [-0.05, 0) is 12.5 Å². The fraction of sp³-hybridized carbons (Fsp3) is 0.429. The van der Waals surface area contributed by atoms with Crippen LogP contribution in [0.25, 0.3) is 0 Å². The van der Waals surface area contributed by atoms with Gasteiger partial charge in [-0.1, -0.05) is 41.6 Å². The van der Waals surface area contributed by atoms with Gasteiger partial charge >= 0.3 is 0 Å². The topological polar surface area (TPSA) is 55.5 Å². The average molecular weight is 276 g/mol. The third kappa shape index (κ3) is 3.16. The number of aryl methyl sites for hydroxylation is 1. The molecule has 1 fully saturated rings. The van der Waals surface area contributed by atoms with Gasteiger partial charge < -0.3 is 9.73 Å². The van der Waals surface area contributed by atoms with Crippen molar-refractivity contribution in [2.45, 2.75) is 36.8 Å². The Morgan fingerprint density at radius 3 is 2.89 bits per heavy atom. The quantitative estimate of drug-likeness (QED) is 0.869. The molecule has 1 aromatic heterocycles. The molecule has 0 amide bonds. The SMILES string of the molecule is Cc1ccc(CSc2nnc([C@H]3CCC[NH2+]3)o2)cc1. The van der Waals surface area contributed by atoms with Crippen molar-refractivity contribution in [3.05, 3.63) is 41.3 Å². The van der Waals surface area contributed by atoms with Gasteiger partial charge in [0, 0.05) is 18.6 Å². The fourth-order valence-corrected chi connectivity index (χ4v) is 2.98. The van der Waals surface area contributed by atoms with Crippen LogP contribution in [0.5, 0.6) is 0 Å². The van der Waals surface area contributed by atoms with E-state index in [-0.39, 0.29) is 0 Å². The molecule has 0 bridgehead atoms. The summed E-state index contributed by atoms with van der Waals surface area (Å²) in [5, 5.41) is 11.2. The van der Waals surface area contributed by atoms with Crippen molar-refractivity contribution >= 4 is 11.8 Å². The molecular formula is C14H18N3OS+. The Labute approximate surface area is 117 Å². The van der Waals surface area contributed by atoms with Crippen molar-refractivity contribution < 1.29 is 9.73 Å². The van der Waals surface area contributed by atoms with Gasteiger partial charge in [0.15, 0.2) is 6.04 Å². The van der Waals surface area contributed by atoms with E-state index in [0.717, 1.165) is 18.1 Å². The van der Waals surface area contributed by atoms with Crippen molar-refractivity contribution in [2.24, 2.45) is 0 Å². The maximum atomic E-state index is 5.72. The highest BCUT2D eigenvalue weighted by Crippen LogP contribution is 2.24. The summed E-state index contributed by atoms with van der Waals surface area (Å²) in [6.45, 7) is 3.26. The second-order valence-electron chi connectivity index (χ2n) is 4.95. The number of nitrogens with two attached hydrogens (primary N) is 1. The van der Waals surface area contributed by atoms with Crippen molar-refractivity contribution in [3.8, 4) is 0 Å². The third-order valence-electron chi connectivity index (χ3n) is 3.39. The van der Waals surface area contributed by atoms with Crippen molar-refractivity contribution in [1.29, 1.82) is 0 Å². The zero-order chi connectivity index (χ0) is 13.1. The van der Waals surface area contributed by atoms with Crippen LogP contribution in [0.3, 0.4) is 0 Å². The first-order valence-electron chi connectivity index (χ1n) is 6.66. The van der Waals surface area contributed by atoms with E-state index in [2.05, 4.69) is 46.7 Å². The summed E-state index contributed by atoms with van der Waals surface area (Å²) in [6.07, 6.45) is 2.38.